The van der Waals surface area contributed by atoms with E-state index in [-0.39, 0.29) is 11.8 Å². The molecule has 1 heterocycles. The quantitative estimate of drug-likeness (QED) is 0.796. The van der Waals surface area contributed by atoms with Crippen LogP contribution in [0.5, 0.6) is 17.2 Å². The van der Waals surface area contributed by atoms with Crippen molar-refractivity contribution in [3.8, 4) is 17.2 Å². The molecule has 2 rings (SSSR count). The summed E-state index contributed by atoms with van der Waals surface area (Å²) < 4.78 is 15.8. The Hall–Kier alpha value is -1.95. The Kier molecular flexibility index (Phi) is 4.68. The van der Waals surface area contributed by atoms with E-state index in [4.69, 9.17) is 14.2 Å². The molecular formula is C14H20N2O4. The van der Waals surface area contributed by atoms with Crippen LogP contribution in [-0.4, -0.2) is 40.3 Å². The van der Waals surface area contributed by atoms with Crippen LogP contribution in [0.25, 0.3) is 0 Å². The van der Waals surface area contributed by atoms with E-state index in [1.54, 1.807) is 27.4 Å². The summed E-state index contributed by atoms with van der Waals surface area (Å²) in [5.74, 6) is 2.00. The highest BCUT2D eigenvalue weighted by Gasteiger charge is 2.24. The molecule has 110 valence electrons. The number of methoxy groups -OCH3 is 3. The van der Waals surface area contributed by atoms with Gasteiger partial charge in [-0.3, -0.25) is 4.79 Å². The summed E-state index contributed by atoms with van der Waals surface area (Å²) in [4.78, 5) is 11.8. The molecule has 1 aliphatic heterocycles. The molecule has 0 bridgehead atoms. The van der Waals surface area contributed by atoms with Crippen molar-refractivity contribution in [3.05, 3.63) is 17.7 Å². The number of hydrogen-bond acceptors (Lipinski definition) is 5. The number of carbonyl (C=O) groups is 1. The minimum atomic E-state index is 0.0561. The average Bonchev–Trinajstić information content (AvgIpc) is 2.42. The first kappa shape index (κ1) is 14.5. The van der Waals surface area contributed by atoms with E-state index in [0.717, 1.165) is 18.7 Å². The van der Waals surface area contributed by atoms with E-state index in [0.29, 0.717) is 23.8 Å². The van der Waals surface area contributed by atoms with Gasteiger partial charge in [-0.15, -0.1) is 0 Å². The van der Waals surface area contributed by atoms with Crippen molar-refractivity contribution in [1.29, 1.82) is 0 Å². The van der Waals surface area contributed by atoms with E-state index >= 15 is 0 Å². The fraction of sp³-hybridized carbons (Fsp3) is 0.500. The molecule has 0 aromatic heterocycles. The van der Waals surface area contributed by atoms with Gasteiger partial charge in [0.1, 0.15) is 5.75 Å². The standard InChI is InChI=1S/C14H20N2O4/c1-18-11-5-13(20-3)12(19-2)4-9(11)8-16-14(17)10-6-15-7-10/h4-5,10,15H,6-8H2,1-3H3,(H,16,17). The maximum atomic E-state index is 11.8. The Balaban J connectivity index is 2.10. The summed E-state index contributed by atoms with van der Waals surface area (Å²) >= 11 is 0. The van der Waals surface area contributed by atoms with Crippen LogP contribution in [0.2, 0.25) is 0 Å². The van der Waals surface area contributed by atoms with E-state index in [1.807, 2.05) is 6.07 Å². The van der Waals surface area contributed by atoms with Gasteiger partial charge in [-0.25, -0.2) is 0 Å². The molecule has 1 aromatic rings. The minimum absolute atomic E-state index is 0.0561. The SMILES string of the molecule is COc1cc(OC)c(OC)cc1CNC(=O)C1CNC1. The molecule has 1 amide bonds. The second kappa shape index (κ2) is 6.47. The molecule has 2 N–H and O–H groups in total. The van der Waals surface area contributed by atoms with E-state index in [2.05, 4.69) is 10.6 Å². The van der Waals surface area contributed by atoms with Crippen molar-refractivity contribution < 1.29 is 19.0 Å². The Labute approximate surface area is 118 Å². The van der Waals surface area contributed by atoms with Gasteiger partial charge in [0, 0.05) is 31.3 Å². The second-order valence-electron chi connectivity index (χ2n) is 4.59. The smallest absolute Gasteiger partial charge is 0.225 e. The van der Waals surface area contributed by atoms with Crippen molar-refractivity contribution in [2.45, 2.75) is 6.54 Å². The van der Waals surface area contributed by atoms with Crippen LogP contribution in [0, 0.1) is 5.92 Å². The topological polar surface area (TPSA) is 68.8 Å². The largest absolute Gasteiger partial charge is 0.496 e. The number of rotatable bonds is 6. The molecule has 1 aromatic carbocycles. The van der Waals surface area contributed by atoms with Crippen molar-refractivity contribution in [3.63, 3.8) is 0 Å². The van der Waals surface area contributed by atoms with Gasteiger partial charge in [0.2, 0.25) is 5.91 Å². The molecule has 0 atom stereocenters. The van der Waals surface area contributed by atoms with Crippen LogP contribution < -0.4 is 24.8 Å². The number of ether oxygens (including phenoxy) is 3. The average molecular weight is 280 g/mol. The van der Waals surface area contributed by atoms with Crippen molar-refractivity contribution in [2.24, 2.45) is 5.92 Å². The molecule has 0 aliphatic carbocycles. The lowest BCUT2D eigenvalue weighted by Gasteiger charge is -2.26. The van der Waals surface area contributed by atoms with Gasteiger partial charge in [0.05, 0.1) is 27.2 Å². The molecule has 0 spiro atoms. The Morgan fingerprint density at radius 3 is 2.25 bits per heavy atom. The molecule has 1 aliphatic rings. The molecule has 1 saturated heterocycles. The highest BCUT2D eigenvalue weighted by molar-refractivity contribution is 5.80. The van der Waals surface area contributed by atoms with Crippen molar-refractivity contribution >= 4 is 5.91 Å². The summed E-state index contributed by atoms with van der Waals surface area (Å²) in [7, 11) is 4.73. The van der Waals surface area contributed by atoms with Gasteiger partial charge in [-0.2, -0.15) is 0 Å². The summed E-state index contributed by atoms with van der Waals surface area (Å²) in [5, 5.41) is 5.98. The fourth-order valence-electron chi connectivity index (χ4n) is 2.03. The Bertz CT molecular complexity index is 486. The third kappa shape index (κ3) is 2.96. The number of carbonyl (C=O) groups excluding carboxylic acids is 1. The summed E-state index contributed by atoms with van der Waals surface area (Å²) in [6, 6.07) is 3.57. The second-order valence-corrected chi connectivity index (χ2v) is 4.59. The minimum Gasteiger partial charge on any atom is -0.496 e. The molecule has 6 nitrogen and oxygen atoms in total. The Morgan fingerprint density at radius 1 is 1.15 bits per heavy atom. The number of hydrogen-bond donors (Lipinski definition) is 2. The van der Waals surface area contributed by atoms with Gasteiger partial charge < -0.3 is 24.8 Å². The molecule has 0 radical (unpaired) electrons. The zero-order valence-corrected chi connectivity index (χ0v) is 12.0. The van der Waals surface area contributed by atoms with E-state index in [1.165, 1.54) is 0 Å². The molecule has 0 saturated carbocycles. The highest BCUT2D eigenvalue weighted by Crippen LogP contribution is 2.34. The highest BCUT2D eigenvalue weighted by atomic mass is 16.5. The van der Waals surface area contributed by atoms with Gasteiger partial charge >= 0.3 is 0 Å². The molecule has 1 fully saturated rings. The Morgan fingerprint density at radius 2 is 1.75 bits per heavy atom. The summed E-state index contributed by atoms with van der Waals surface area (Å²) in [6.45, 7) is 1.89. The monoisotopic (exact) mass is 280 g/mol. The zero-order chi connectivity index (χ0) is 14.5. The summed E-state index contributed by atoms with van der Waals surface area (Å²) in [5.41, 5.74) is 0.853. The zero-order valence-electron chi connectivity index (χ0n) is 12.0. The molecule has 20 heavy (non-hydrogen) atoms. The van der Waals surface area contributed by atoms with Gasteiger partial charge in [0.15, 0.2) is 11.5 Å². The van der Waals surface area contributed by atoms with Crippen molar-refractivity contribution in [1.82, 2.24) is 10.6 Å². The molecular weight excluding hydrogens is 260 g/mol. The van der Waals surface area contributed by atoms with Crippen LogP contribution in [-0.2, 0) is 11.3 Å². The third-order valence-electron chi connectivity index (χ3n) is 3.39. The van der Waals surface area contributed by atoms with E-state index in [9.17, 15) is 4.79 Å². The normalized spacial score (nSPS) is 14.3. The van der Waals surface area contributed by atoms with Crippen molar-refractivity contribution in [2.75, 3.05) is 34.4 Å². The van der Waals surface area contributed by atoms with Gasteiger partial charge in [0.25, 0.3) is 0 Å². The molecule has 0 unspecified atom stereocenters. The molecule has 6 heteroatoms. The lowest BCUT2D eigenvalue weighted by Crippen LogP contribution is -2.50. The first-order valence-corrected chi connectivity index (χ1v) is 6.47. The van der Waals surface area contributed by atoms with Crippen LogP contribution in [0.4, 0.5) is 0 Å². The predicted molar refractivity (Wildman–Crippen MR) is 74.3 cm³/mol. The third-order valence-corrected chi connectivity index (χ3v) is 3.39. The van der Waals surface area contributed by atoms with Gasteiger partial charge in [-0.1, -0.05) is 0 Å². The lowest BCUT2D eigenvalue weighted by molar-refractivity contribution is -0.126. The van der Waals surface area contributed by atoms with E-state index < -0.39 is 0 Å². The lowest BCUT2D eigenvalue weighted by atomic mass is 10.0. The van der Waals surface area contributed by atoms with Crippen LogP contribution in [0.3, 0.4) is 0 Å². The maximum Gasteiger partial charge on any atom is 0.225 e. The predicted octanol–water partition coefficient (Wildman–Crippen LogP) is 0.548. The number of amides is 1. The van der Waals surface area contributed by atoms with Crippen LogP contribution >= 0.6 is 0 Å². The summed E-state index contributed by atoms with van der Waals surface area (Å²) in [6.07, 6.45) is 0. The number of nitrogens with one attached hydrogen (secondary N) is 2. The maximum absolute atomic E-state index is 11.8. The fourth-order valence-corrected chi connectivity index (χ4v) is 2.03. The van der Waals surface area contributed by atoms with Gasteiger partial charge in [-0.05, 0) is 6.07 Å². The van der Waals surface area contributed by atoms with Crippen LogP contribution in [0.15, 0.2) is 12.1 Å². The first-order chi connectivity index (χ1) is 9.69. The number of benzene rings is 1. The first-order valence-electron chi connectivity index (χ1n) is 6.47. The van der Waals surface area contributed by atoms with Crippen LogP contribution in [0.1, 0.15) is 5.56 Å².